The Kier molecular flexibility index (Phi) is 5.26. The molecule has 98 valence electrons. The van der Waals surface area contributed by atoms with Crippen LogP contribution in [0.2, 0.25) is 0 Å². The fourth-order valence-corrected chi connectivity index (χ4v) is 2.62. The molecule has 0 bridgehead atoms. The van der Waals surface area contributed by atoms with Gasteiger partial charge in [0, 0.05) is 18.9 Å². The van der Waals surface area contributed by atoms with Gasteiger partial charge >= 0.3 is 0 Å². The summed E-state index contributed by atoms with van der Waals surface area (Å²) in [6.45, 7) is 12.5. The van der Waals surface area contributed by atoms with Crippen LogP contribution in [0.25, 0.3) is 0 Å². The maximum Gasteiger partial charge on any atom is 0.0851 e. The van der Waals surface area contributed by atoms with Gasteiger partial charge in [0.1, 0.15) is 0 Å². The second-order valence-electron chi connectivity index (χ2n) is 5.60. The van der Waals surface area contributed by atoms with E-state index in [1.807, 2.05) is 0 Å². The van der Waals surface area contributed by atoms with Gasteiger partial charge in [0.25, 0.3) is 0 Å². The molecular formula is C15H27NO. The molecule has 1 atom stereocenters. The molecule has 0 heterocycles. The summed E-state index contributed by atoms with van der Waals surface area (Å²) in [4.78, 5) is 0. The van der Waals surface area contributed by atoms with Crippen LogP contribution in [-0.4, -0.2) is 18.2 Å². The van der Waals surface area contributed by atoms with Crippen molar-refractivity contribution in [3.8, 4) is 0 Å². The van der Waals surface area contributed by atoms with E-state index < -0.39 is 0 Å². The van der Waals surface area contributed by atoms with E-state index in [-0.39, 0.29) is 0 Å². The number of hydrogen-bond donors (Lipinski definition) is 2. The SMILES string of the molecule is C=C(O)CCCCCNC[C@H]1/C(=C/C)C1(C)C. The highest BCUT2D eigenvalue weighted by Gasteiger charge is 2.50. The lowest BCUT2D eigenvalue weighted by molar-refractivity contribution is 0.383. The van der Waals surface area contributed by atoms with Crippen molar-refractivity contribution in [2.24, 2.45) is 11.3 Å². The molecule has 0 amide bonds. The zero-order valence-electron chi connectivity index (χ0n) is 11.6. The molecule has 0 aliphatic heterocycles. The summed E-state index contributed by atoms with van der Waals surface area (Å²) in [6, 6.07) is 0. The molecule has 0 spiro atoms. The standard InChI is InChI=1S/C15H27NO/c1-5-13-14(15(13,3)4)11-16-10-8-6-7-9-12(2)17/h5,14,16-17H,2,6-11H2,1,3-4H3/b13-5-/t14-/m0/s1. The van der Waals surface area contributed by atoms with Crippen molar-refractivity contribution in [1.82, 2.24) is 5.32 Å². The topological polar surface area (TPSA) is 32.3 Å². The van der Waals surface area contributed by atoms with Gasteiger partial charge in [-0.2, -0.15) is 0 Å². The number of aliphatic hydroxyl groups excluding tert-OH is 1. The Morgan fingerprint density at radius 3 is 2.65 bits per heavy atom. The smallest absolute Gasteiger partial charge is 0.0851 e. The predicted octanol–water partition coefficient (Wildman–Crippen LogP) is 3.81. The normalized spacial score (nSPS) is 23.9. The lowest BCUT2D eigenvalue weighted by atomic mass is 10.1. The minimum absolute atomic E-state index is 0.315. The van der Waals surface area contributed by atoms with Gasteiger partial charge in [-0.05, 0) is 31.7 Å². The van der Waals surface area contributed by atoms with E-state index in [9.17, 15) is 0 Å². The van der Waals surface area contributed by atoms with Crippen molar-refractivity contribution in [1.29, 1.82) is 0 Å². The fourth-order valence-electron chi connectivity index (χ4n) is 2.62. The molecule has 1 saturated carbocycles. The van der Waals surface area contributed by atoms with Gasteiger partial charge in [-0.25, -0.2) is 0 Å². The van der Waals surface area contributed by atoms with Crippen LogP contribution < -0.4 is 5.32 Å². The lowest BCUT2D eigenvalue weighted by Gasteiger charge is -2.05. The lowest BCUT2D eigenvalue weighted by Crippen LogP contribution is -2.19. The maximum absolute atomic E-state index is 8.93. The summed E-state index contributed by atoms with van der Waals surface area (Å²) in [7, 11) is 0. The molecule has 0 radical (unpaired) electrons. The van der Waals surface area contributed by atoms with Crippen molar-refractivity contribution >= 4 is 0 Å². The van der Waals surface area contributed by atoms with E-state index in [0.29, 0.717) is 11.2 Å². The molecular weight excluding hydrogens is 210 g/mol. The minimum Gasteiger partial charge on any atom is -0.513 e. The monoisotopic (exact) mass is 237 g/mol. The Morgan fingerprint density at radius 2 is 2.12 bits per heavy atom. The van der Waals surface area contributed by atoms with Crippen LogP contribution >= 0.6 is 0 Å². The van der Waals surface area contributed by atoms with Crippen LogP contribution in [-0.2, 0) is 0 Å². The first-order valence-electron chi connectivity index (χ1n) is 6.74. The van der Waals surface area contributed by atoms with Crippen molar-refractivity contribution in [3.05, 3.63) is 24.0 Å². The third-order valence-electron chi connectivity index (χ3n) is 3.89. The van der Waals surface area contributed by atoms with Gasteiger partial charge < -0.3 is 10.4 Å². The van der Waals surface area contributed by atoms with Gasteiger partial charge in [-0.1, -0.05) is 38.5 Å². The first-order valence-corrected chi connectivity index (χ1v) is 6.74. The average molecular weight is 237 g/mol. The van der Waals surface area contributed by atoms with E-state index in [0.717, 1.165) is 38.3 Å². The van der Waals surface area contributed by atoms with Gasteiger partial charge in [0.2, 0.25) is 0 Å². The largest absolute Gasteiger partial charge is 0.513 e. The molecule has 2 heteroatoms. The highest BCUT2D eigenvalue weighted by atomic mass is 16.3. The van der Waals surface area contributed by atoms with E-state index in [1.54, 1.807) is 5.57 Å². The molecule has 0 aromatic heterocycles. The van der Waals surface area contributed by atoms with Crippen LogP contribution in [0.3, 0.4) is 0 Å². The quantitative estimate of drug-likeness (QED) is 0.382. The molecule has 2 N–H and O–H groups in total. The summed E-state index contributed by atoms with van der Waals surface area (Å²) < 4.78 is 0. The van der Waals surface area contributed by atoms with E-state index in [4.69, 9.17) is 5.11 Å². The number of allylic oxidation sites excluding steroid dienone is 2. The third-order valence-corrected chi connectivity index (χ3v) is 3.89. The van der Waals surface area contributed by atoms with Crippen LogP contribution in [0.1, 0.15) is 46.5 Å². The molecule has 0 aromatic rings. The summed E-state index contributed by atoms with van der Waals surface area (Å²) in [5.74, 6) is 1.06. The molecule has 17 heavy (non-hydrogen) atoms. The molecule has 1 fully saturated rings. The second kappa shape index (κ2) is 6.25. The van der Waals surface area contributed by atoms with Crippen LogP contribution in [0.15, 0.2) is 24.0 Å². The summed E-state index contributed by atoms with van der Waals surface area (Å²) >= 11 is 0. The molecule has 0 aromatic carbocycles. The molecule has 0 saturated heterocycles. The van der Waals surface area contributed by atoms with Crippen molar-refractivity contribution in [3.63, 3.8) is 0 Å². The summed E-state index contributed by atoms with van der Waals surface area (Å²) in [5, 5.41) is 12.5. The maximum atomic E-state index is 8.93. The van der Waals surface area contributed by atoms with Crippen molar-refractivity contribution in [2.75, 3.05) is 13.1 Å². The number of rotatable bonds is 8. The van der Waals surface area contributed by atoms with Gasteiger partial charge in [0.05, 0.1) is 5.76 Å². The molecule has 0 unspecified atom stereocenters. The molecule has 1 rings (SSSR count). The third kappa shape index (κ3) is 4.19. The van der Waals surface area contributed by atoms with E-state index in [1.165, 1.54) is 6.42 Å². The first kappa shape index (κ1) is 14.3. The van der Waals surface area contributed by atoms with Crippen LogP contribution in [0.5, 0.6) is 0 Å². The number of unbranched alkanes of at least 4 members (excludes halogenated alkanes) is 2. The number of aliphatic hydroxyl groups is 1. The zero-order chi connectivity index (χ0) is 12.9. The van der Waals surface area contributed by atoms with Crippen LogP contribution in [0, 0.1) is 11.3 Å². The average Bonchev–Trinajstić information content (AvgIpc) is 2.77. The van der Waals surface area contributed by atoms with Gasteiger partial charge in [0.15, 0.2) is 0 Å². The zero-order valence-corrected chi connectivity index (χ0v) is 11.6. The summed E-state index contributed by atoms with van der Waals surface area (Å²) in [5.41, 5.74) is 2.03. The Balaban J connectivity index is 1.98. The van der Waals surface area contributed by atoms with Crippen LogP contribution in [0.4, 0.5) is 0 Å². The Morgan fingerprint density at radius 1 is 1.41 bits per heavy atom. The fraction of sp³-hybridized carbons (Fsp3) is 0.733. The second-order valence-corrected chi connectivity index (χ2v) is 5.60. The summed E-state index contributed by atoms with van der Waals surface area (Å²) in [6.07, 6.45) is 6.41. The Bertz CT molecular complexity index is 291. The minimum atomic E-state index is 0.315. The molecule has 1 aliphatic rings. The molecule has 2 nitrogen and oxygen atoms in total. The number of hydrogen-bond acceptors (Lipinski definition) is 2. The Labute approximate surface area is 106 Å². The van der Waals surface area contributed by atoms with Crippen molar-refractivity contribution in [2.45, 2.75) is 46.5 Å². The first-order chi connectivity index (χ1) is 8.00. The van der Waals surface area contributed by atoms with E-state index in [2.05, 4.69) is 38.7 Å². The highest BCUT2D eigenvalue weighted by molar-refractivity contribution is 5.35. The Hall–Kier alpha value is -0.760. The molecule has 1 aliphatic carbocycles. The number of nitrogens with one attached hydrogen (secondary N) is 1. The van der Waals surface area contributed by atoms with Gasteiger partial charge in [-0.3, -0.25) is 0 Å². The predicted molar refractivity (Wildman–Crippen MR) is 74.1 cm³/mol. The highest BCUT2D eigenvalue weighted by Crippen LogP contribution is 2.57. The van der Waals surface area contributed by atoms with Gasteiger partial charge in [-0.15, -0.1) is 0 Å². The van der Waals surface area contributed by atoms with Crippen molar-refractivity contribution < 1.29 is 5.11 Å². The van der Waals surface area contributed by atoms with E-state index >= 15 is 0 Å².